The normalized spacial score (nSPS) is 12.3. The Bertz CT molecular complexity index is 2720. The molecule has 8 heteroatoms. The molecule has 0 spiro atoms. The topological polar surface area (TPSA) is 112 Å². The fraction of sp³-hybridized carbons (Fsp3) is 0. The van der Waals surface area contributed by atoms with Crippen LogP contribution in [-0.4, -0.2) is 32.9 Å². The molecule has 9 rings (SSSR count). The Morgan fingerprint density at radius 3 is 1.17 bits per heavy atom. The molecular weight excluding hydrogens is 665 g/mol. The maximum absolute atomic E-state index is 12.8. The van der Waals surface area contributed by atoms with Crippen molar-refractivity contribution < 1.29 is 13.0 Å². The molecule has 0 atom stereocenters. The van der Waals surface area contributed by atoms with E-state index in [4.69, 9.17) is 9.97 Å². The predicted octanol–water partition coefficient (Wildman–Crippen LogP) is 10.6. The first-order valence-corrected chi connectivity index (χ1v) is 18.3. The first kappa shape index (κ1) is 31.4. The van der Waals surface area contributed by atoms with E-state index in [0.717, 1.165) is 55.4 Å². The van der Waals surface area contributed by atoms with Gasteiger partial charge >= 0.3 is 0 Å². The van der Waals surface area contributed by atoms with Gasteiger partial charge in [-0.3, -0.25) is 4.55 Å². The molecule has 7 nitrogen and oxygen atoms in total. The van der Waals surface area contributed by atoms with Crippen molar-refractivity contribution >= 4 is 56.5 Å². The minimum Gasteiger partial charge on any atom is -0.354 e. The molecule has 7 aromatic rings. The van der Waals surface area contributed by atoms with Crippen molar-refractivity contribution in [1.82, 2.24) is 19.9 Å². The van der Waals surface area contributed by atoms with Crippen molar-refractivity contribution in [2.24, 2.45) is 0 Å². The monoisotopic (exact) mass is 694 g/mol. The lowest BCUT2D eigenvalue weighted by atomic mass is 10.0. The second kappa shape index (κ2) is 12.6. The van der Waals surface area contributed by atoms with E-state index in [0.29, 0.717) is 33.9 Å². The number of fused-ring (bicyclic) bond motifs is 8. The highest BCUT2D eigenvalue weighted by Gasteiger charge is 2.24. The molecule has 250 valence electrons. The minimum absolute atomic E-state index is 0.222. The standard InChI is InChI=1S/C44H30N4O3S/c49-52(50,51)40-19-11-10-18-31(40)44-38-26-24-36(47-38)42(29-14-6-2-7-15-29)34-22-20-32(45-34)41(28-12-4-1-5-13-28)33-21-23-35(46-33)43(30-16-8-3-9-17-30)37-25-27-39(44)48-37/h1-27,45-46H,(H,49,50,51). The van der Waals surface area contributed by atoms with Crippen LogP contribution in [0.4, 0.5) is 0 Å². The number of aromatic nitrogens is 4. The van der Waals surface area contributed by atoms with Gasteiger partial charge in [0.05, 0.1) is 22.8 Å². The predicted molar refractivity (Wildman–Crippen MR) is 210 cm³/mol. The molecule has 0 saturated heterocycles. The lowest BCUT2D eigenvalue weighted by Gasteiger charge is -2.10. The molecule has 2 aliphatic rings. The zero-order valence-corrected chi connectivity index (χ0v) is 28.5. The van der Waals surface area contributed by atoms with E-state index in [9.17, 15) is 13.0 Å². The molecule has 0 amide bonds. The molecule has 3 aromatic heterocycles. The highest BCUT2D eigenvalue weighted by atomic mass is 32.2. The highest BCUT2D eigenvalue weighted by molar-refractivity contribution is 7.86. The Labute approximate surface area is 300 Å². The number of benzene rings is 4. The molecular formula is C44H30N4O3S. The van der Waals surface area contributed by atoms with Crippen LogP contribution in [0.15, 0.2) is 144 Å². The number of H-pyrrole nitrogens is 2. The van der Waals surface area contributed by atoms with Crippen LogP contribution in [0.2, 0.25) is 0 Å². The summed E-state index contributed by atoms with van der Waals surface area (Å²) in [5.41, 5.74) is 12.5. The smallest absolute Gasteiger partial charge is 0.295 e. The van der Waals surface area contributed by atoms with Crippen LogP contribution in [-0.2, 0) is 10.1 Å². The van der Waals surface area contributed by atoms with Crippen molar-refractivity contribution in [3.63, 3.8) is 0 Å². The number of rotatable bonds is 5. The van der Waals surface area contributed by atoms with Crippen molar-refractivity contribution in [2.75, 3.05) is 0 Å². The minimum atomic E-state index is -4.60. The number of aromatic amines is 2. The average Bonchev–Trinajstić information content (AvgIpc) is 4.01. The third kappa shape index (κ3) is 5.56. The molecule has 52 heavy (non-hydrogen) atoms. The second-order valence-corrected chi connectivity index (χ2v) is 14.0. The van der Waals surface area contributed by atoms with Crippen LogP contribution in [0.1, 0.15) is 22.8 Å². The fourth-order valence-corrected chi connectivity index (χ4v) is 7.81. The summed E-state index contributed by atoms with van der Waals surface area (Å²) in [5, 5.41) is 0. The van der Waals surface area contributed by atoms with Crippen molar-refractivity contribution in [2.45, 2.75) is 4.90 Å². The SMILES string of the molecule is O=S(=O)(O)c1ccccc1-c1c2nc(c(-c3ccccc3)c3ccc([nH]3)c(-c3ccccc3)c3ccc([nH]3)c(-c3ccccc3)c3nc1C=C3)C=C2. The Kier molecular flexibility index (Phi) is 7.61. The molecule has 8 bridgehead atoms. The van der Waals surface area contributed by atoms with Crippen LogP contribution in [0.5, 0.6) is 0 Å². The van der Waals surface area contributed by atoms with Gasteiger partial charge in [0.25, 0.3) is 10.1 Å². The molecule has 3 N–H and O–H groups in total. The van der Waals surface area contributed by atoms with Gasteiger partial charge in [-0.15, -0.1) is 0 Å². The van der Waals surface area contributed by atoms with Crippen LogP contribution in [0.25, 0.3) is 90.9 Å². The maximum Gasteiger partial charge on any atom is 0.295 e. The number of nitrogens with zero attached hydrogens (tertiary/aromatic N) is 2. The number of nitrogens with one attached hydrogen (secondary N) is 2. The zero-order chi connectivity index (χ0) is 35.2. The Hall–Kier alpha value is -6.61. The summed E-state index contributed by atoms with van der Waals surface area (Å²) in [4.78, 5) is 17.6. The van der Waals surface area contributed by atoms with Crippen molar-refractivity contribution in [1.29, 1.82) is 0 Å². The van der Waals surface area contributed by atoms with Crippen molar-refractivity contribution in [3.8, 4) is 44.5 Å². The van der Waals surface area contributed by atoms with Gasteiger partial charge < -0.3 is 9.97 Å². The lowest BCUT2D eigenvalue weighted by Crippen LogP contribution is -2.02. The van der Waals surface area contributed by atoms with E-state index in [1.54, 1.807) is 18.2 Å². The van der Waals surface area contributed by atoms with Crippen LogP contribution in [0.3, 0.4) is 0 Å². The second-order valence-electron chi connectivity index (χ2n) is 12.6. The molecule has 0 fully saturated rings. The Morgan fingerprint density at radius 1 is 0.404 bits per heavy atom. The van der Waals surface area contributed by atoms with E-state index in [-0.39, 0.29) is 4.90 Å². The number of hydrogen-bond donors (Lipinski definition) is 3. The summed E-state index contributed by atoms with van der Waals surface area (Å²) < 4.78 is 35.9. The Morgan fingerprint density at radius 2 is 0.750 bits per heavy atom. The fourth-order valence-electron chi connectivity index (χ4n) is 7.11. The molecule has 4 aromatic carbocycles. The van der Waals surface area contributed by atoms with Crippen molar-refractivity contribution in [3.05, 3.63) is 162 Å². The maximum atomic E-state index is 12.8. The summed E-state index contributed by atoms with van der Waals surface area (Å²) in [7, 11) is -4.60. The van der Waals surface area contributed by atoms with E-state index >= 15 is 0 Å². The van der Waals surface area contributed by atoms with Crippen LogP contribution >= 0.6 is 0 Å². The largest absolute Gasteiger partial charge is 0.354 e. The summed E-state index contributed by atoms with van der Waals surface area (Å²) in [6, 6.07) is 45.2. The van der Waals surface area contributed by atoms with Gasteiger partial charge in [0.15, 0.2) is 0 Å². The first-order chi connectivity index (χ1) is 25.4. The van der Waals surface area contributed by atoms with Gasteiger partial charge in [-0.1, -0.05) is 109 Å². The molecule has 0 unspecified atom stereocenters. The molecule has 2 aliphatic heterocycles. The van der Waals surface area contributed by atoms with E-state index < -0.39 is 10.1 Å². The third-order valence-electron chi connectivity index (χ3n) is 9.38. The summed E-state index contributed by atoms with van der Waals surface area (Å²) >= 11 is 0. The van der Waals surface area contributed by atoms with Crippen LogP contribution < -0.4 is 0 Å². The molecule has 0 aliphatic carbocycles. The lowest BCUT2D eigenvalue weighted by molar-refractivity contribution is 0.483. The number of hydrogen-bond acceptors (Lipinski definition) is 4. The first-order valence-electron chi connectivity index (χ1n) is 16.8. The van der Waals surface area contributed by atoms with Crippen LogP contribution in [0, 0.1) is 0 Å². The van der Waals surface area contributed by atoms with Gasteiger partial charge in [0.1, 0.15) is 4.90 Å². The molecule has 0 radical (unpaired) electrons. The summed E-state index contributed by atoms with van der Waals surface area (Å²) in [5.74, 6) is 0. The van der Waals surface area contributed by atoms with Gasteiger partial charge in [0.2, 0.25) is 0 Å². The Balaban J connectivity index is 1.50. The quantitative estimate of drug-likeness (QED) is 0.155. The van der Waals surface area contributed by atoms with E-state index in [1.807, 2.05) is 103 Å². The van der Waals surface area contributed by atoms with Gasteiger partial charge in [-0.25, -0.2) is 9.97 Å². The summed E-state index contributed by atoms with van der Waals surface area (Å²) in [6.45, 7) is 0. The zero-order valence-electron chi connectivity index (χ0n) is 27.7. The van der Waals surface area contributed by atoms with Gasteiger partial charge in [-0.2, -0.15) is 8.42 Å². The van der Waals surface area contributed by atoms with Gasteiger partial charge in [-0.05, 0) is 71.3 Å². The molecule has 5 heterocycles. The average molecular weight is 695 g/mol. The van der Waals surface area contributed by atoms with E-state index in [2.05, 4.69) is 46.4 Å². The van der Waals surface area contributed by atoms with Gasteiger partial charge in [0, 0.05) is 49.9 Å². The summed E-state index contributed by atoms with van der Waals surface area (Å²) in [6.07, 6.45) is 7.64. The highest BCUT2D eigenvalue weighted by Crippen LogP contribution is 2.39. The third-order valence-corrected chi connectivity index (χ3v) is 10.3. The molecule has 0 saturated carbocycles. The van der Waals surface area contributed by atoms with E-state index in [1.165, 1.54) is 6.07 Å².